The van der Waals surface area contributed by atoms with Gasteiger partial charge in [-0.1, -0.05) is 0 Å². The van der Waals surface area contributed by atoms with Crippen LogP contribution in [0.2, 0.25) is 0 Å². The summed E-state index contributed by atoms with van der Waals surface area (Å²) in [5.74, 6) is 2.60. The second-order valence-corrected chi connectivity index (χ2v) is 6.16. The normalized spacial score (nSPS) is 15.0. The molecule has 0 N–H and O–H groups in total. The lowest BCUT2D eigenvalue weighted by molar-refractivity contribution is 0.617. The monoisotopic (exact) mass is 339 g/mol. The molecule has 1 aliphatic rings. The zero-order valence-corrected chi connectivity index (χ0v) is 14.7. The summed E-state index contributed by atoms with van der Waals surface area (Å²) < 4.78 is 3.84. The minimum atomic E-state index is 0.757. The summed E-state index contributed by atoms with van der Waals surface area (Å²) in [7, 11) is 3.91. The molecule has 0 saturated carbocycles. The Kier molecular flexibility index (Phi) is 3.83. The molecule has 0 radical (unpaired) electrons. The summed E-state index contributed by atoms with van der Waals surface area (Å²) in [6, 6.07) is 3.87. The molecule has 4 heterocycles. The molecule has 0 spiro atoms. The predicted octanol–water partition coefficient (Wildman–Crippen LogP) is 0.641. The highest BCUT2D eigenvalue weighted by atomic mass is 15.4. The van der Waals surface area contributed by atoms with Crippen LogP contribution in [0.4, 0.5) is 11.9 Å². The molecule has 4 rings (SSSR count). The Morgan fingerprint density at radius 2 is 1.68 bits per heavy atom. The quantitative estimate of drug-likeness (QED) is 0.693. The fourth-order valence-corrected chi connectivity index (χ4v) is 3.05. The molecule has 3 aromatic rings. The van der Waals surface area contributed by atoms with E-state index in [1.807, 2.05) is 48.6 Å². The maximum Gasteiger partial charge on any atom is 0.227 e. The van der Waals surface area contributed by atoms with Gasteiger partial charge in [0.05, 0.1) is 11.4 Å². The standard InChI is InChI=1S/C16H21N9/c1-12-20-21-16(22(12)2)25-10-8-24(9-11-25)15-17-6-4-13(19-15)14-5-7-18-23(14)3/h4-7H,8-11H2,1-3H3. The summed E-state index contributed by atoms with van der Waals surface area (Å²) in [4.78, 5) is 13.6. The lowest BCUT2D eigenvalue weighted by Crippen LogP contribution is -2.48. The first-order chi connectivity index (χ1) is 12.1. The van der Waals surface area contributed by atoms with Gasteiger partial charge in [-0.15, -0.1) is 10.2 Å². The molecule has 1 saturated heterocycles. The highest BCUT2D eigenvalue weighted by Gasteiger charge is 2.22. The van der Waals surface area contributed by atoms with Crippen LogP contribution >= 0.6 is 0 Å². The van der Waals surface area contributed by atoms with Gasteiger partial charge in [-0.2, -0.15) is 5.10 Å². The maximum absolute atomic E-state index is 4.72. The number of hydrogen-bond acceptors (Lipinski definition) is 7. The van der Waals surface area contributed by atoms with Crippen LogP contribution in [0.1, 0.15) is 5.82 Å². The van der Waals surface area contributed by atoms with Crippen molar-refractivity contribution in [2.75, 3.05) is 36.0 Å². The van der Waals surface area contributed by atoms with E-state index in [1.165, 1.54) is 0 Å². The minimum absolute atomic E-state index is 0.757. The third-order valence-corrected chi connectivity index (χ3v) is 4.64. The van der Waals surface area contributed by atoms with E-state index in [0.29, 0.717) is 0 Å². The largest absolute Gasteiger partial charge is 0.337 e. The zero-order valence-electron chi connectivity index (χ0n) is 14.7. The molecule has 1 fully saturated rings. The highest BCUT2D eigenvalue weighted by Crippen LogP contribution is 2.20. The van der Waals surface area contributed by atoms with Crippen molar-refractivity contribution in [1.29, 1.82) is 0 Å². The number of hydrogen-bond donors (Lipinski definition) is 0. The van der Waals surface area contributed by atoms with Crippen LogP contribution in [0, 0.1) is 6.92 Å². The number of aryl methyl sites for hydroxylation is 2. The van der Waals surface area contributed by atoms with E-state index in [0.717, 1.165) is 55.3 Å². The summed E-state index contributed by atoms with van der Waals surface area (Å²) in [6.07, 6.45) is 3.59. The van der Waals surface area contributed by atoms with Crippen LogP contribution in [0.25, 0.3) is 11.4 Å². The third kappa shape index (κ3) is 2.81. The van der Waals surface area contributed by atoms with Crippen molar-refractivity contribution >= 4 is 11.9 Å². The van der Waals surface area contributed by atoms with E-state index in [1.54, 1.807) is 6.20 Å². The van der Waals surface area contributed by atoms with Gasteiger partial charge in [-0.05, 0) is 19.1 Å². The molecule has 0 unspecified atom stereocenters. The van der Waals surface area contributed by atoms with E-state index in [2.05, 4.69) is 30.1 Å². The van der Waals surface area contributed by atoms with Crippen molar-refractivity contribution in [2.45, 2.75) is 6.92 Å². The fraction of sp³-hybridized carbons (Fsp3) is 0.438. The van der Waals surface area contributed by atoms with Crippen LogP contribution in [-0.2, 0) is 14.1 Å². The zero-order chi connectivity index (χ0) is 17.4. The predicted molar refractivity (Wildman–Crippen MR) is 94.4 cm³/mol. The number of anilines is 2. The first-order valence-electron chi connectivity index (χ1n) is 8.31. The van der Waals surface area contributed by atoms with Crippen molar-refractivity contribution in [1.82, 2.24) is 34.5 Å². The number of rotatable bonds is 3. The lowest BCUT2D eigenvalue weighted by Gasteiger charge is -2.35. The SMILES string of the molecule is Cc1nnc(N2CCN(c3nccc(-c4ccnn4C)n3)CC2)n1C. The van der Waals surface area contributed by atoms with Crippen molar-refractivity contribution in [3.63, 3.8) is 0 Å². The van der Waals surface area contributed by atoms with Gasteiger partial charge >= 0.3 is 0 Å². The molecule has 9 nitrogen and oxygen atoms in total. The van der Waals surface area contributed by atoms with Gasteiger partial charge in [-0.3, -0.25) is 4.68 Å². The molecule has 0 bridgehead atoms. The molecular formula is C16H21N9. The Hall–Kier alpha value is -2.97. The fourth-order valence-electron chi connectivity index (χ4n) is 3.05. The minimum Gasteiger partial charge on any atom is -0.337 e. The summed E-state index contributed by atoms with van der Waals surface area (Å²) in [5, 5.41) is 12.6. The number of piperazine rings is 1. The van der Waals surface area contributed by atoms with Gasteiger partial charge in [0, 0.05) is 52.7 Å². The first kappa shape index (κ1) is 15.6. The lowest BCUT2D eigenvalue weighted by atomic mass is 10.3. The Bertz CT molecular complexity index is 873. The van der Waals surface area contributed by atoms with Crippen LogP contribution in [-0.4, -0.2) is 60.7 Å². The molecular weight excluding hydrogens is 318 g/mol. The van der Waals surface area contributed by atoms with Crippen molar-refractivity contribution in [3.8, 4) is 11.4 Å². The van der Waals surface area contributed by atoms with E-state index >= 15 is 0 Å². The smallest absolute Gasteiger partial charge is 0.227 e. The molecule has 3 aromatic heterocycles. The second kappa shape index (κ2) is 6.15. The molecule has 0 atom stereocenters. The van der Waals surface area contributed by atoms with Crippen LogP contribution in [0.5, 0.6) is 0 Å². The van der Waals surface area contributed by atoms with E-state index in [-0.39, 0.29) is 0 Å². The number of aromatic nitrogens is 7. The summed E-state index contributed by atoms with van der Waals surface area (Å²) in [6.45, 7) is 5.39. The molecule has 25 heavy (non-hydrogen) atoms. The molecule has 130 valence electrons. The Morgan fingerprint density at radius 3 is 2.32 bits per heavy atom. The van der Waals surface area contributed by atoms with Gasteiger partial charge in [-0.25, -0.2) is 9.97 Å². The second-order valence-electron chi connectivity index (χ2n) is 6.16. The van der Waals surface area contributed by atoms with Gasteiger partial charge in [0.1, 0.15) is 5.82 Å². The van der Waals surface area contributed by atoms with Gasteiger partial charge < -0.3 is 14.4 Å². The first-order valence-corrected chi connectivity index (χ1v) is 8.31. The van der Waals surface area contributed by atoms with Gasteiger partial charge in [0.25, 0.3) is 0 Å². The molecule has 0 aliphatic carbocycles. The van der Waals surface area contributed by atoms with Crippen molar-refractivity contribution < 1.29 is 0 Å². The topological polar surface area (TPSA) is 80.8 Å². The van der Waals surface area contributed by atoms with Crippen LogP contribution < -0.4 is 9.80 Å². The Morgan fingerprint density at radius 1 is 0.920 bits per heavy atom. The van der Waals surface area contributed by atoms with E-state index in [9.17, 15) is 0 Å². The highest BCUT2D eigenvalue weighted by molar-refractivity contribution is 5.55. The van der Waals surface area contributed by atoms with E-state index in [4.69, 9.17) is 4.98 Å². The van der Waals surface area contributed by atoms with Crippen LogP contribution in [0.15, 0.2) is 24.5 Å². The summed E-state index contributed by atoms with van der Waals surface area (Å²) >= 11 is 0. The number of nitrogens with zero attached hydrogens (tertiary/aromatic N) is 9. The van der Waals surface area contributed by atoms with Gasteiger partial charge in [0.2, 0.25) is 11.9 Å². The molecule has 0 aromatic carbocycles. The average molecular weight is 339 g/mol. The third-order valence-electron chi connectivity index (χ3n) is 4.64. The molecule has 9 heteroatoms. The van der Waals surface area contributed by atoms with Gasteiger partial charge in [0.15, 0.2) is 0 Å². The summed E-state index contributed by atoms with van der Waals surface area (Å²) in [5.41, 5.74) is 1.87. The van der Waals surface area contributed by atoms with Crippen LogP contribution in [0.3, 0.4) is 0 Å². The Labute approximate surface area is 145 Å². The Balaban J connectivity index is 1.50. The van der Waals surface area contributed by atoms with E-state index < -0.39 is 0 Å². The molecule has 1 aliphatic heterocycles. The van der Waals surface area contributed by atoms with Crippen molar-refractivity contribution in [3.05, 3.63) is 30.4 Å². The maximum atomic E-state index is 4.72. The van der Waals surface area contributed by atoms with Crippen molar-refractivity contribution in [2.24, 2.45) is 14.1 Å². The molecule has 0 amide bonds. The average Bonchev–Trinajstić information content (AvgIpc) is 3.21.